The highest BCUT2D eigenvalue weighted by atomic mass is 16.5. The SMILES string of the molecule is COC1CN(C(C)(CN)CCC(C)C)CC1OC. The van der Waals surface area contributed by atoms with E-state index in [9.17, 15) is 0 Å². The highest BCUT2D eigenvalue weighted by molar-refractivity contribution is 4.96. The van der Waals surface area contributed by atoms with Crippen molar-refractivity contribution in [2.75, 3.05) is 33.9 Å². The third-order valence-electron chi connectivity index (χ3n) is 4.28. The van der Waals surface area contributed by atoms with Crippen LogP contribution < -0.4 is 5.73 Å². The Morgan fingerprint density at radius 3 is 2.06 bits per heavy atom. The molecule has 0 amide bonds. The second-order valence-electron chi connectivity index (χ2n) is 6.09. The monoisotopic (exact) mass is 258 g/mol. The highest BCUT2D eigenvalue weighted by Crippen LogP contribution is 2.28. The lowest BCUT2D eigenvalue weighted by Gasteiger charge is -2.38. The van der Waals surface area contributed by atoms with Gasteiger partial charge in [-0.3, -0.25) is 4.90 Å². The van der Waals surface area contributed by atoms with Gasteiger partial charge in [0.2, 0.25) is 0 Å². The van der Waals surface area contributed by atoms with Crippen molar-refractivity contribution in [3.05, 3.63) is 0 Å². The van der Waals surface area contributed by atoms with Crippen LogP contribution in [0.1, 0.15) is 33.6 Å². The molecule has 3 atom stereocenters. The average molecular weight is 258 g/mol. The standard InChI is InChI=1S/C14H30N2O2/c1-11(2)6-7-14(3,10-15)16-8-12(17-4)13(9-16)18-5/h11-13H,6-10,15H2,1-5H3. The molecule has 4 nitrogen and oxygen atoms in total. The van der Waals surface area contributed by atoms with Gasteiger partial charge in [-0.15, -0.1) is 0 Å². The summed E-state index contributed by atoms with van der Waals surface area (Å²) < 4.78 is 11.0. The summed E-state index contributed by atoms with van der Waals surface area (Å²) in [6.45, 7) is 9.31. The quantitative estimate of drug-likeness (QED) is 0.751. The molecule has 1 saturated heterocycles. The molecule has 3 unspecified atom stereocenters. The van der Waals surface area contributed by atoms with E-state index in [-0.39, 0.29) is 17.7 Å². The highest BCUT2D eigenvalue weighted by Gasteiger charge is 2.41. The fraction of sp³-hybridized carbons (Fsp3) is 1.00. The first-order valence-corrected chi connectivity index (χ1v) is 6.97. The first-order valence-electron chi connectivity index (χ1n) is 6.97. The van der Waals surface area contributed by atoms with E-state index < -0.39 is 0 Å². The largest absolute Gasteiger partial charge is 0.377 e. The molecule has 0 saturated carbocycles. The molecule has 18 heavy (non-hydrogen) atoms. The number of likely N-dealkylation sites (tertiary alicyclic amines) is 1. The minimum absolute atomic E-state index is 0.0638. The maximum absolute atomic E-state index is 6.02. The molecule has 0 radical (unpaired) electrons. The molecule has 0 aromatic heterocycles. The van der Waals surface area contributed by atoms with Crippen molar-refractivity contribution in [2.45, 2.75) is 51.4 Å². The molecular formula is C14H30N2O2. The van der Waals surface area contributed by atoms with E-state index in [4.69, 9.17) is 15.2 Å². The fourth-order valence-electron chi connectivity index (χ4n) is 2.63. The van der Waals surface area contributed by atoms with Gasteiger partial charge in [-0.1, -0.05) is 13.8 Å². The van der Waals surface area contributed by atoms with Crippen LogP contribution in [0.25, 0.3) is 0 Å². The zero-order valence-electron chi connectivity index (χ0n) is 12.6. The Labute approximate surface area is 112 Å². The van der Waals surface area contributed by atoms with Crippen molar-refractivity contribution in [1.29, 1.82) is 0 Å². The van der Waals surface area contributed by atoms with Crippen LogP contribution in [0, 0.1) is 5.92 Å². The van der Waals surface area contributed by atoms with Gasteiger partial charge in [0.05, 0.1) is 12.2 Å². The van der Waals surface area contributed by atoms with Crippen LogP contribution in [0.2, 0.25) is 0 Å². The lowest BCUT2D eigenvalue weighted by Crippen LogP contribution is -2.51. The second-order valence-corrected chi connectivity index (χ2v) is 6.09. The van der Waals surface area contributed by atoms with E-state index in [0.29, 0.717) is 6.54 Å². The fourth-order valence-corrected chi connectivity index (χ4v) is 2.63. The maximum Gasteiger partial charge on any atom is 0.0972 e. The predicted molar refractivity (Wildman–Crippen MR) is 74.7 cm³/mol. The van der Waals surface area contributed by atoms with Crippen LogP contribution in [-0.4, -0.2) is 56.5 Å². The molecule has 1 rings (SSSR count). The summed E-state index contributed by atoms with van der Waals surface area (Å²) in [6.07, 6.45) is 2.67. The minimum Gasteiger partial charge on any atom is -0.377 e. The van der Waals surface area contributed by atoms with E-state index in [1.165, 1.54) is 6.42 Å². The number of hydrogen-bond acceptors (Lipinski definition) is 4. The Morgan fingerprint density at radius 1 is 1.22 bits per heavy atom. The zero-order valence-corrected chi connectivity index (χ0v) is 12.6. The van der Waals surface area contributed by atoms with E-state index in [1.54, 1.807) is 14.2 Å². The number of rotatable bonds is 7. The molecule has 4 heteroatoms. The molecule has 1 heterocycles. The molecule has 108 valence electrons. The summed E-state index contributed by atoms with van der Waals surface area (Å²) >= 11 is 0. The molecule has 1 aliphatic heterocycles. The average Bonchev–Trinajstić information content (AvgIpc) is 2.79. The van der Waals surface area contributed by atoms with Crippen LogP contribution in [0.5, 0.6) is 0 Å². The van der Waals surface area contributed by atoms with Gasteiger partial charge in [0.15, 0.2) is 0 Å². The van der Waals surface area contributed by atoms with Gasteiger partial charge in [0.1, 0.15) is 0 Å². The zero-order chi connectivity index (χ0) is 13.8. The van der Waals surface area contributed by atoms with Crippen molar-refractivity contribution >= 4 is 0 Å². The summed E-state index contributed by atoms with van der Waals surface area (Å²) in [5.41, 5.74) is 6.09. The summed E-state index contributed by atoms with van der Waals surface area (Å²) in [7, 11) is 3.52. The normalized spacial score (nSPS) is 28.8. The van der Waals surface area contributed by atoms with Gasteiger partial charge in [0.25, 0.3) is 0 Å². The molecular weight excluding hydrogens is 228 g/mol. The van der Waals surface area contributed by atoms with Crippen LogP contribution in [-0.2, 0) is 9.47 Å². The maximum atomic E-state index is 6.02. The third-order valence-corrected chi connectivity index (χ3v) is 4.28. The minimum atomic E-state index is 0.0638. The van der Waals surface area contributed by atoms with Crippen molar-refractivity contribution in [1.82, 2.24) is 4.90 Å². The van der Waals surface area contributed by atoms with Crippen molar-refractivity contribution in [3.8, 4) is 0 Å². The number of nitrogens with two attached hydrogens (primary N) is 1. The molecule has 0 bridgehead atoms. The predicted octanol–water partition coefficient (Wildman–Crippen LogP) is 1.49. The Kier molecular flexibility index (Phi) is 6.05. The van der Waals surface area contributed by atoms with E-state index in [0.717, 1.165) is 25.4 Å². The van der Waals surface area contributed by atoms with Gasteiger partial charge in [0, 0.05) is 39.4 Å². The lowest BCUT2D eigenvalue weighted by atomic mass is 9.90. The van der Waals surface area contributed by atoms with E-state index >= 15 is 0 Å². The lowest BCUT2D eigenvalue weighted by molar-refractivity contribution is -0.00461. The summed E-state index contributed by atoms with van der Waals surface area (Å²) in [5.74, 6) is 0.718. The first kappa shape index (κ1) is 15.9. The number of ether oxygens (including phenoxy) is 2. The molecule has 2 N–H and O–H groups in total. The molecule has 0 spiro atoms. The van der Waals surface area contributed by atoms with Crippen molar-refractivity contribution < 1.29 is 9.47 Å². The van der Waals surface area contributed by atoms with Crippen LogP contribution in [0.3, 0.4) is 0 Å². The van der Waals surface area contributed by atoms with Crippen LogP contribution in [0.15, 0.2) is 0 Å². The Balaban J connectivity index is 2.65. The Hall–Kier alpha value is -0.160. The molecule has 1 fully saturated rings. The topological polar surface area (TPSA) is 47.7 Å². The Morgan fingerprint density at radius 2 is 1.72 bits per heavy atom. The van der Waals surface area contributed by atoms with E-state index in [2.05, 4.69) is 25.7 Å². The smallest absolute Gasteiger partial charge is 0.0972 e. The van der Waals surface area contributed by atoms with Gasteiger partial charge in [-0.25, -0.2) is 0 Å². The van der Waals surface area contributed by atoms with Crippen LogP contribution >= 0.6 is 0 Å². The summed E-state index contributed by atoms with van der Waals surface area (Å²) in [4.78, 5) is 2.44. The number of nitrogens with zero attached hydrogens (tertiary/aromatic N) is 1. The summed E-state index contributed by atoms with van der Waals surface area (Å²) in [5, 5.41) is 0. The molecule has 0 aromatic carbocycles. The number of methoxy groups -OCH3 is 2. The van der Waals surface area contributed by atoms with E-state index in [1.807, 2.05) is 0 Å². The Bertz CT molecular complexity index is 236. The summed E-state index contributed by atoms with van der Waals surface area (Å²) in [6, 6.07) is 0. The van der Waals surface area contributed by atoms with Crippen molar-refractivity contribution in [3.63, 3.8) is 0 Å². The van der Waals surface area contributed by atoms with Crippen LogP contribution in [0.4, 0.5) is 0 Å². The molecule has 1 aliphatic rings. The van der Waals surface area contributed by atoms with Crippen molar-refractivity contribution in [2.24, 2.45) is 11.7 Å². The van der Waals surface area contributed by atoms with Gasteiger partial charge in [-0.2, -0.15) is 0 Å². The second kappa shape index (κ2) is 6.85. The van der Waals surface area contributed by atoms with Gasteiger partial charge >= 0.3 is 0 Å². The first-order chi connectivity index (χ1) is 8.46. The van der Waals surface area contributed by atoms with Gasteiger partial charge in [-0.05, 0) is 25.7 Å². The molecule has 0 aliphatic carbocycles. The third kappa shape index (κ3) is 3.67. The molecule has 0 aromatic rings. The number of hydrogen-bond donors (Lipinski definition) is 1. The van der Waals surface area contributed by atoms with Gasteiger partial charge < -0.3 is 15.2 Å².